The third kappa shape index (κ3) is 6.69. The smallest absolute Gasteiger partial charge is 0.165 e. The Morgan fingerprint density at radius 2 is 1.29 bits per heavy atom. The van der Waals surface area contributed by atoms with Crippen LogP contribution in [0.2, 0.25) is 0 Å². The molecule has 164 valence electrons. The fraction of sp³-hybridized carbons (Fsp3) is 0.379. The second kappa shape index (κ2) is 11.7. The van der Waals surface area contributed by atoms with Gasteiger partial charge in [0.15, 0.2) is 11.6 Å². The summed E-state index contributed by atoms with van der Waals surface area (Å²) < 4.78 is 20.5. The van der Waals surface area contributed by atoms with Crippen LogP contribution < -0.4 is 4.74 Å². The van der Waals surface area contributed by atoms with Gasteiger partial charge in [-0.05, 0) is 66.1 Å². The Morgan fingerprint density at radius 1 is 0.710 bits per heavy atom. The lowest BCUT2D eigenvalue weighted by Gasteiger charge is -2.16. The van der Waals surface area contributed by atoms with Crippen molar-refractivity contribution < 1.29 is 9.13 Å². The molecule has 1 unspecified atom stereocenters. The van der Waals surface area contributed by atoms with Crippen LogP contribution in [0.1, 0.15) is 64.9 Å². The quantitative estimate of drug-likeness (QED) is 0.283. The van der Waals surface area contributed by atoms with Gasteiger partial charge in [0.1, 0.15) is 0 Å². The highest BCUT2D eigenvalue weighted by Gasteiger charge is 2.10. The highest BCUT2D eigenvalue weighted by Crippen LogP contribution is 2.29. The van der Waals surface area contributed by atoms with Gasteiger partial charge in [0, 0.05) is 0 Å². The van der Waals surface area contributed by atoms with Crippen LogP contribution in [0.3, 0.4) is 0 Å². The number of rotatable bonds is 11. The van der Waals surface area contributed by atoms with E-state index in [2.05, 4.69) is 62.4 Å². The van der Waals surface area contributed by atoms with E-state index in [1.807, 2.05) is 13.0 Å². The van der Waals surface area contributed by atoms with Crippen molar-refractivity contribution in [3.8, 4) is 28.0 Å². The monoisotopic (exact) mass is 418 g/mol. The lowest BCUT2D eigenvalue weighted by Crippen LogP contribution is -2.12. The third-order valence-electron chi connectivity index (χ3n) is 5.77. The highest BCUT2D eigenvalue weighted by atomic mass is 19.1. The number of halogens is 1. The molecule has 0 saturated heterocycles. The minimum Gasteiger partial charge on any atom is -0.488 e. The summed E-state index contributed by atoms with van der Waals surface area (Å²) >= 11 is 0. The molecule has 0 bridgehead atoms. The predicted molar refractivity (Wildman–Crippen MR) is 130 cm³/mol. The molecule has 3 rings (SSSR count). The van der Waals surface area contributed by atoms with Crippen LogP contribution in [-0.4, -0.2) is 6.10 Å². The van der Waals surface area contributed by atoms with Crippen molar-refractivity contribution in [2.75, 3.05) is 0 Å². The molecule has 3 aromatic carbocycles. The summed E-state index contributed by atoms with van der Waals surface area (Å²) in [5.41, 5.74) is 5.61. The summed E-state index contributed by atoms with van der Waals surface area (Å²) in [6, 6.07) is 22.3. The highest BCUT2D eigenvalue weighted by molar-refractivity contribution is 5.71. The van der Waals surface area contributed by atoms with Crippen molar-refractivity contribution in [1.82, 2.24) is 0 Å². The van der Waals surface area contributed by atoms with E-state index in [0.29, 0.717) is 5.75 Å². The normalized spacial score (nSPS) is 12.0. The summed E-state index contributed by atoms with van der Waals surface area (Å²) in [4.78, 5) is 0. The Kier molecular flexibility index (Phi) is 8.70. The molecule has 0 fully saturated rings. The third-order valence-corrected chi connectivity index (χ3v) is 5.77. The molecule has 0 aromatic heterocycles. The van der Waals surface area contributed by atoms with Crippen molar-refractivity contribution in [3.63, 3.8) is 0 Å². The average molecular weight is 419 g/mol. The first-order valence-corrected chi connectivity index (χ1v) is 11.8. The topological polar surface area (TPSA) is 9.23 Å². The van der Waals surface area contributed by atoms with Gasteiger partial charge in [-0.2, -0.15) is 0 Å². The summed E-state index contributed by atoms with van der Waals surface area (Å²) in [6.45, 7) is 6.42. The molecule has 0 aliphatic heterocycles. The SMILES string of the molecule is CCCCCCC(C)Oc1ccc(-c2ccc(-c3ccc(CCC)cc3)cc2)cc1F. The van der Waals surface area contributed by atoms with Gasteiger partial charge in [0.05, 0.1) is 6.10 Å². The average Bonchev–Trinajstić information content (AvgIpc) is 2.79. The first-order chi connectivity index (χ1) is 15.1. The van der Waals surface area contributed by atoms with Crippen LogP contribution in [0, 0.1) is 5.82 Å². The van der Waals surface area contributed by atoms with Gasteiger partial charge >= 0.3 is 0 Å². The molecule has 0 N–H and O–H groups in total. The second-order valence-electron chi connectivity index (χ2n) is 8.45. The zero-order chi connectivity index (χ0) is 22.1. The molecule has 3 aromatic rings. The lowest BCUT2D eigenvalue weighted by molar-refractivity contribution is 0.197. The van der Waals surface area contributed by atoms with Gasteiger partial charge in [-0.1, -0.05) is 94.1 Å². The van der Waals surface area contributed by atoms with Gasteiger partial charge in [0.2, 0.25) is 0 Å². The van der Waals surface area contributed by atoms with Gasteiger partial charge in [-0.15, -0.1) is 0 Å². The van der Waals surface area contributed by atoms with Crippen LogP contribution in [0.5, 0.6) is 5.75 Å². The lowest BCUT2D eigenvalue weighted by atomic mass is 9.99. The molecular formula is C29H35FO. The maximum absolute atomic E-state index is 14.7. The number of ether oxygens (including phenoxy) is 1. The minimum atomic E-state index is -0.298. The first kappa shape index (κ1) is 23.1. The van der Waals surface area contributed by atoms with E-state index in [4.69, 9.17) is 4.74 Å². The molecular weight excluding hydrogens is 383 g/mol. The summed E-state index contributed by atoms with van der Waals surface area (Å²) in [5.74, 6) is 0.0454. The predicted octanol–water partition coefficient (Wildman–Crippen LogP) is 8.85. The van der Waals surface area contributed by atoms with Crippen molar-refractivity contribution in [3.05, 3.63) is 78.1 Å². The summed E-state index contributed by atoms with van der Waals surface area (Å²) in [5, 5.41) is 0. The van der Waals surface area contributed by atoms with Crippen LogP contribution in [0.25, 0.3) is 22.3 Å². The maximum atomic E-state index is 14.7. The molecule has 0 aliphatic rings. The van der Waals surface area contributed by atoms with E-state index in [1.165, 1.54) is 36.0 Å². The Balaban J connectivity index is 1.64. The zero-order valence-electron chi connectivity index (χ0n) is 19.2. The van der Waals surface area contributed by atoms with Gasteiger partial charge in [-0.3, -0.25) is 0 Å². The molecule has 0 heterocycles. The van der Waals surface area contributed by atoms with Crippen molar-refractivity contribution in [1.29, 1.82) is 0 Å². The summed E-state index contributed by atoms with van der Waals surface area (Å²) in [7, 11) is 0. The number of hydrogen-bond donors (Lipinski definition) is 0. The van der Waals surface area contributed by atoms with Crippen molar-refractivity contribution in [2.45, 2.75) is 71.8 Å². The van der Waals surface area contributed by atoms with E-state index in [-0.39, 0.29) is 11.9 Å². The molecule has 2 heteroatoms. The van der Waals surface area contributed by atoms with Gasteiger partial charge in [0.25, 0.3) is 0 Å². The zero-order valence-corrected chi connectivity index (χ0v) is 19.2. The van der Waals surface area contributed by atoms with Gasteiger partial charge in [-0.25, -0.2) is 4.39 Å². The molecule has 1 atom stereocenters. The molecule has 0 saturated carbocycles. The number of benzene rings is 3. The molecule has 0 spiro atoms. The van der Waals surface area contributed by atoms with E-state index >= 15 is 0 Å². The molecule has 0 aliphatic carbocycles. The maximum Gasteiger partial charge on any atom is 0.165 e. The molecule has 31 heavy (non-hydrogen) atoms. The van der Waals surface area contributed by atoms with Crippen LogP contribution in [0.4, 0.5) is 4.39 Å². The minimum absolute atomic E-state index is 0.0280. The second-order valence-corrected chi connectivity index (χ2v) is 8.45. The van der Waals surface area contributed by atoms with E-state index in [0.717, 1.165) is 36.8 Å². The fourth-order valence-electron chi connectivity index (χ4n) is 3.92. The molecule has 0 amide bonds. The largest absolute Gasteiger partial charge is 0.488 e. The van der Waals surface area contributed by atoms with Crippen molar-refractivity contribution in [2.24, 2.45) is 0 Å². The van der Waals surface area contributed by atoms with E-state index < -0.39 is 0 Å². The molecule has 0 radical (unpaired) electrons. The summed E-state index contributed by atoms with van der Waals surface area (Å²) in [6.07, 6.45) is 8.07. The Labute approximate surface area is 187 Å². The van der Waals surface area contributed by atoms with E-state index in [9.17, 15) is 4.39 Å². The van der Waals surface area contributed by atoms with Crippen LogP contribution in [-0.2, 0) is 6.42 Å². The number of aryl methyl sites for hydroxylation is 1. The van der Waals surface area contributed by atoms with Gasteiger partial charge < -0.3 is 4.74 Å². The molecule has 1 nitrogen and oxygen atoms in total. The first-order valence-electron chi connectivity index (χ1n) is 11.8. The van der Waals surface area contributed by atoms with E-state index in [1.54, 1.807) is 12.1 Å². The standard InChI is InChI=1S/C29H35FO/c1-4-6-7-8-10-22(3)31-29-20-19-27(21-28(29)30)26-17-15-25(16-18-26)24-13-11-23(9-5-2)12-14-24/h11-22H,4-10H2,1-3H3. The number of unbranched alkanes of at least 4 members (excludes halogenated alkanes) is 3. The van der Waals surface area contributed by atoms with Crippen LogP contribution in [0.15, 0.2) is 66.7 Å². The number of hydrogen-bond acceptors (Lipinski definition) is 1. The fourth-order valence-corrected chi connectivity index (χ4v) is 3.92. The van der Waals surface area contributed by atoms with Crippen LogP contribution >= 0.6 is 0 Å². The Morgan fingerprint density at radius 3 is 1.87 bits per heavy atom. The van der Waals surface area contributed by atoms with Crippen molar-refractivity contribution >= 4 is 0 Å². The Hall–Kier alpha value is -2.61. The Bertz CT molecular complexity index is 928.